The predicted molar refractivity (Wildman–Crippen MR) is 80.4 cm³/mol. The van der Waals surface area contributed by atoms with Gasteiger partial charge in [0.15, 0.2) is 0 Å². The van der Waals surface area contributed by atoms with Crippen LogP contribution in [-0.4, -0.2) is 29.6 Å². The van der Waals surface area contributed by atoms with Crippen LogP contribution in [0.4, 0.5) is 0 Å². The van der Waals surface area contributed by atoms with Crippen molar-refractivity contribution in [2.45, 2.75) is 20.8 Å². The van der Waals surface area contributed by atoms with E-state index in [2.05, 4.69) is 35.8 Å². The van der Waals surface area contributed by atoms with Crippen molar-refractivity contribution in [2.75, 3.05) is 6.61 Å². The van der Waals surface area contributed by atoms with E-state index >= 15 is 0 Å². The van der Waals surface area contributed by atoms with Crippen LogP contribution >= 0.6 is 0 Å². The number of carbonyl (C=O) groups is 3. The second-order valence-corrected chi connectivity index (χ2v) is 3.53. The zero-order valence-electron chi connectivity index (χ0n) is 12.7. The van der Waals surface area contributed by atoms with E-state index in [-0.39, 0.29) is 24.1 Å². The summed E-state index contributed by atoms with van der Waals surface area (Å²) in [6, 6.07) is 0. The van der Waals surface area contributed by atoms with Crippen LogP contribution in [0.1, 0.15) is 20.8 Å². The van der Waals surface area contributed by atoms with Crippen LogP contribution in [0.5, 0.6) is 0 Å². The third-order valence-electron chi connectivity index (χ3n) is 1.30. The molecular weight excluding hydrogens is 276 g/mol. The van der Waals surface area contributed by atoms with Crippen molar-refractivity contribution < 1.29 is 29.0 Å². The lowest BCUT2D eigenvalue weighted by atomic mass is 10.4. The number of carboxylic acid groups (broad SMARTS) is 1. The number of carboxylic acids is 1. The zero-order chi connectivity index (χ0) is 17.4. The first-order valence-corrected chi connectivity index (χ1v) is 5.70. The van der Waals surface area contributed by atoms with Crippen molar-refractivity contribution in [3.63, 3.8) is 0 Å². The quantitative estimate of drug-likeness (QED) is 0.363. The van der Waals surface area contributed by atoms with Gasteiger partial charge in [0.05, 0.1) is 6.26 Å². The monoisotopic (exact) mass is 298 g/mol. The molecule has 0 fully saturated rings. The lowest BCUT2D eigenvalue weighted by molar-refractivity contribution is -0.138. The number of esters is 2. The Labute approximate surface area is 125 Å². The van der Waals surface area contributed by atoms with Crippen LogP contribution in [0.25, 0.3) is 0 Å². The molecule has 6 heteroatoms. The number of hydrogen-bond donors (Lipinski definition) is 1. The Hall–Kier alpha value is -2.63. The molecule has 0 unspecified atom stereocenters. The maximum absolute atomic E-state index is 10.5. The molecule has 0 aromatic heterocycles. The van der Waals surface area contributed by atoms with E-state index < -0.39 is 5.97 Å². The second kappa shape index (κ2) is 15.4. The molecule has 0 rings (SSSR count). The summed E-state index contributed by atoms with van der Waals surface area (Å²) in [5.41, 5.74) is 0.590. The Morgan fingerprint density at radius 1 is 1.05 bits per heavy atom. The molecule has 0 saturated carbocycles. The summed E-state index contributed by atoms with van der Waals surface area (Å²) in [6.07, 6.45) is 2.61. The van der Waals surface area contributed by atoms with E-state index in [0.717, 1.165) is 6.26 Å². The van der Waals surface area contributed by atoms with Gasteiger partial charge in [-0.1, -0.05) is 32.4 Å². The zero-order valence-corrected chi connectivity index (χ0v) is 12.7. The Morgan fingerprint density at radius 3 is 1.62 bits per heavy atom. The molecule has 0 saturated heterocycles. The molecule has 0 amide bonds. The van der Waals surface area contributed by atoms with E-state index in [4.69, 9.17) is 5.11 Å². The molecule has 0 aromatic rings. The first kappa shape index (κ1) is 23.5. The van der Waals surface area contributed by atoms with Crippen LogP contribution in [-0.2, 0) is 23.9 Å². The van der Waals surface area contributed by atoms with Gasteiger partial charge in [0.1, 0.15) is 6.61 Å². The van der Waals surface area contributed by atoms with Crippen LogP contribution in [0.15, 0.2) is 49.8 Å². The predicted octanol–water partition coefficient (Wildman–Crippen LogP) is 2.63. The number of ether oxygens (including phenoxy) is 2. The summed E-state index contributed by atoms with van der Waals surface area (Å²) in [7, 11) is 0. The van der Waals surface area contributed by atoms with E-state index in [0.29, 0.717) is 5.57 Å². The summed E-state index contributed by atoms with van der Waals surface area (Å²) < 4.78 is 8.76. The SMILES string of the molecule is C=C(C)C(=O)O.C=CCOC(=O)C(=C)C.C=COC(C)=O. The molecule has 0 aliphatic carbocycles. The van der Waals surface area contributed by atoms with Gasteiger partial charge < -0.3 is 14.6 Å². The molecular formula is C15H22O6. The van der Waals surface area contributed by atoms with E-state index in [1.54, 1.807) is 6.92 Å². The third kappa shape index (κ3) is 26.8. The van der Waals surface area contributed by atoms with Crippen molar-refractivity contribution in [3.05, 3.63) is 49.8 Å². The molecule has 0 atom stereocenters. The maximum atomic E-state index is 10.5. The van der Waals surface area contributed by atoms with Gasteiger partial charge in [-0.3, -0.25) is 4.79 Å². The van der Waals surface area contributed by atoms with Crippen molar-refractivity contribution in [2.24, 2.45) is 0 Å². The van der Waals surface area contributed by atoms with E-state index in [9.17, 15) is 14.4 Å². The smallest absolute Gasteiger partial charge is 0.333 e. The molecule has 0 heterocycles. The molecule has 21 heavy (non-hydrogen) atoms. The fraction of sp³-hybridized carbons (Fsp3) is 0.267. The summed E-state index contributed by atoms with van der Waals surface area (Å²) in [5.74, 6) is -1.63. The highest BCUT2D eigenvalue weighted by Gasteiger charge is 1.98. The molecule has 0 spiro atoms. The molecule has 0 aliphatic heterocycles. The average Bonchev–Trinajstić information content (AvgIpc) is 2.36. The minimum Gasteiger partial charge on any atom is -0.478 e. The van der Waals surface area contributed by atoms with Gasteiger partial charge in [-0.15, -0.1) is 0 Å². The topological polar surface area (TPSA) is 89.9 Å². The first-order valence-electron chi connectivity index (χ1n) is 5.70. The molecule has 0 aromatic carbocycles. The lowest BCUT2D eigenvalue weighted by Crippen LogP contribution is -2.03. The highest BCUT2D eigenvalue weighted by atomic mass is 16.5. The van der Waals surface area contributed by atoms with Crippen molar-refractivity contribution in [1.82, 2.24) is 0 Å². The second-order valence-electron chi connectivity index (χ2n) is 3.53. The fourth-order valence-corrected chi connectivity index (χ4v) is 0.375. The minimum atomic E-state index is -0.935. The Morgan fingerprint density at radius 2 is 1.48 bits per heavy atom. The summed E-state index contributed by atoms with van der Waals surface area (Å²) in [5, 5.41) is 7.89. The largest absolute Gasteiger partial charge is 0.478 e. The van der Waals surface area contributed by atoms with Crippen LogP contribution < -0.4 is 0 Å². The van der Waals surface area contributed by atoms with Crippen LogP contribution in [0.3, 0.4) is 0 Å². The fourth-order valence-electron chi connectivity index (χ4n) is 0.375. The van der Waals surface area contributed by atoms with Crippen LogP contribution in [0.2, 0.25) is 0 Å². The van der Waals surface area contributed by atoms with Crippen molar-refractivity contribution in [3.8, 4) is 0 Å². The van der Waals surface area contributed by atoms with Gasteiger partial charge in [-0.2, -0.15) is 0 Å². The van der Waals surface area contributed by atoms with Gasteiger partial charge in [-0.05, 0) is 13.8 Å². The highest BCUT2D eigenvalue weighted by Crippen LogP contribution is 1.90. The summed E-state index contributed by atoms with van der Waals surface area (Å²) in [6.45, 7) is 17.7. The third-order valence-corrected chi connectivity index (χ3v) is 1.30. The molecule has 6 nitrogen and oxygen atoms in total. The number of carbonyl (C=O) groups excluding carboxylic acids is 2. The highest BCUT2D eigenvalue weighted by molar-refractivity contribution is 5.87. The van der Waals surface area contributed by atoms with E-state index in [1.165, 1.54) is 19.9 Å². The lowest BCUT2D eigenvalue weighted by Gasteiger charge is -1.97. The van der Waals surface area contributed by atoms with Gasteiger partial charge in [0.25, 0.3) is 0 Å². The number of hydrogen-bond acceptors (Lipinski definition) is 5. The number of aliphatic carboxylic acids is 1. The Kier molecular flexibility index (Phi) is 17.2. The van der Waals surface area contributed by atoms with E-state index in [1.807, 2.05) is 0 Å². The minimum absolute atomic E-state index is 0.176. The van der Waals surface area contributed by atoms with Gasteiger partial charge in [0.2, 0.25) is 0 Å². The molecule has 118 valence electrons. The van der Waals surface area contributed by atoms with Gasteiger partial charge >= 0.3 is 17.9 Å². The molecule has 0 aliphatic rings. The van der Waals surface area contributed by atoms with Gasteiger partial charge in [-0.25, -0.2) is 9.59 Å². The van der Waals surface area contributed by atoms with Gasteiger partial charge in [0, 0.05) is 18.1 Å². The average molecular weight is 298 g/mol. The standard InChI is InChI=1S/C7H10O2.2C4H6O2/c1-4-5-9-7(8)6(2)3;1-3-6-4(2)5;1-3(2)4(5)6/h4H,1-2,5H2,3H3;3H,1H2,2H3;1H2,2H3,(H,5,6). The molecule has 0 bridgehead atoms. The summed E-state index contributed by atoms with van der Waals surface area (Å²) >= 11 is 0. The van der Waals surface area contributed by atoms with Crippen molar-refractivity contribution >= 4 is 17.9 Å². The number of rotatable bonds is 5. The molecule has 0 radical (unpaired) electrons. The Bertz CT molecular complexity index is 394. The van der Waals surface area contributed by atoms with Crippen LogP contribution in [0, 0.1) is 0 Å². The molecule has 1 N–H and O–H groups in total. The summed E-state index contributed by atoms with van der Waals surface area (Å²) in [4.78, 5) is 29.9. The van der Waals surface area contributed by atoms with Crippen molar-refractivity contribution in [1.29, 1.82) is 0 Å². The normalized spacial score (nSPS) is 7.57. The first-order chi connectivity index (χ1) is 9.59. The maximum Gasteiger partial charge on any atom is 0.333 e. The Balaban J connectivity index is -0.000000240.